The molecule has 0 radical (unpaired) electrons. The molecule has 2 rings (SSSR count). The second-order valence-corrected chi connectivity index (χ2v) is 2.94. The number of H-pyrrole nitrogens is 1. The van der Waals surface area contributed by atoms with Crippen LogP contribution in [0.2, 0.25) is 0 Å². The highest BCUT2D eigenvalue weighted by molar-refractivity contribution is 5.97. The number of amides is 1. The molecule has 1 amide bonds. The highest BCUT2D eigenvalue weighted by Gasteiger charge is 2.06. The van der Waals surface area contributed by atoms with Gasteiger partial charge in [-0.1, -0.05) is 0 Å². The molecule has 0 aliphatic carbocycles. The van der Waals surface area contributed by atoms with Crippen molar-refractivity contribution in [3.05, 3.63) is 40.4 Å². The molecule has 0 atom stereocenters. The van der Waals surface area contributed by atoms with Crippen LogP contribution >= 0.6 is 0 Å². The molecule has 15 heavy (non-hydrogen) atoms. The highest BCUT2D eigenvalue weighted by Crippen LogP contribution is 2.08. The van der Waals surface area contributed by atoms with Crippen LogP contribution in [0.15, 0.2) is 29.3 Å². The number of hydrazine groups is 1. The zero-order chi connectivity index (χ0) is 10.8. The Balaban J connectivity index is 2.70. The Kier molecular flexibility index (Phi) is 2.18. The number of carbonyl (C=O) groups is 1. The predicted molar refractivity (Wildman–Crippen MR) is 54.0 cm³/mol. The maximum atomic E-state index is 11.4. The molecule has 0 unspecified atom stereocenters. The van der Waals surface area contributed by atoms with Crippen LogP contribution in [0.5, 0.6) is 0 Å². The summed E-state index contributed by atoms with van der Waals surface area (Å²) in [6.45, 7) is 0. The van der Waals surface area contributed by atoms with Gasteiger partial charge >= 0.3 is 0 Å². The number of benzene rings is 1. The van der Waals surface area contributed by atoms with Crippen LogP contribution < -0.4 is 16.8 Å². The van der Waals surface area contributed by atoms with Gasteiger partial charge in [0.05, 0.1) is 17.2 Å². The molecule has 0 saturated heterocycles. The van der Waals surface area contributed by atoms with Gasteiger partial charge in [0.2, 0.25) is 0 Å². The minimum atomic E-state index is -0.444. The molecule has 1 aromatic carbocycles. The largest absolute Gasteiger partial charge is 0.313 e. The quantitative estimate of drug-likeness (QED) is 0.332. The second-order valence-electron chi connectivity index (χ2n) is 2.94. The maximum Gasteiger partial charge on any atom is 0.265 e. The summed E-state index contributed by atoms with van der Waals surface area (Å²) in [6.07, 6.45) is 1.31. The zero-order valence-electron chi connectivity index (χ0n) is 7.65. The van der Waals surface area contributed by atoms with Crippen molar-refractivity contribution < 1.29 is 4.79 Å². The summed E-state index contributed by atoms with van der Waals surface area (Å²) in [5.74, 6) is 4.54. The molecule has 0 bridgehead atoms. The third kappa shape index (κ3) is 1.57. The van der Waals surface area contributed by atoms with Crippen molar-refractivity contribution in [1.82, 2.24) is 15.4 Å². The highest BCUT2D eigenvalue weighted by atomic mass is 16.2. The molecular formula is C9H8N4O2. The first-order chi connectivity index (χ1) is 7.22. The average molecular weight is 204 g/mol. The van der Waals surface area contributed by atoms with E-state index in [4.69, 9.17) is 5.84 Å². The zero-order valence-corrected chi connectivity index (χ0v) is 7.65. The van der Waals surface area contributed by atoms with Crippen LogP contribution in [-0.2, 0) is 0 Å². The number of nitrogens with one attached hydrogen (secondary N) is 2. The first-order valence-electron chi connectivity index (χ1n) is 4.21. The second kappa shape index (κ2) is 3.50. The van der Waals surface area contributed by atoms with Crippen molar-refractivity contribution in [2.24, 2.45) is 5.84 Å². The van der Waals surface area contributed by atoms with Crippen molar-refractivity contribution in [3.63, 3.8) is 0 Å². The summed E-state index contributed by atoms with van der Waals surface area (Å²) >= 11 is 0. The summed E-state index contributed by atoms with van der Waals surface area (Å²) in [5, 5.41) is 0.360. The molecule has 6 nitrogen and oxygen atoms in total. The van der Waals surface area contributed by atoms with Gasteiger partial charge < -0.3 is 4.98 Å². The van der Waals surface area contributed by atoms with Crippen LogP contribution in [0.1, 0.15) is 10.4 Å². The Labute approximate surface area is 84.1 Å². The molecule has 4 N–H and O–H groups in total. The fourth-order valence-corrected chi connectivity index (χ4v) is 1.29. The topological polar surface area (TPSA) is 101 Å². The molecule has 0 spiro atoms. The van der Waals surface area contributed by atoms with Gasteiger partial charge in [0.15, 0.2) is 0 Å². The molecule has 76 valence electrons. The number of carbonyl (C=O) groups excluding carboxylic acids is 1. The van der Waals surface area contributed by atoms with Crippen LogP contribution in [0.4, 0.5) is 0 Å². The normalized spacial score (nSPS) is 10.2. The van der Waals surface area contributed by atoms with Gasteiger partial charge in [0.1, 0.15) is 0 Å². The fourth-order valence-electron chi connectivity index (χ4n) is 1.29. The van der Waals surface area contributed by atoms with Crippen LogP contribution in [0.3, 0.4) is 0 Å². The number of nitrogens with two attached hydrogens (primary N) is 1. The van der Waals surface area contributed by atoms with Crippen LogP contribution in [0, 0.1) is 0 Å². The van der Waals surface area contributed by atoms with Gasteiger partial charge in [-0.05, 0) is 18.2 Å². The van der Waals surface area contributed by atoms with E-state index in [-0.39, 0.29) is 5.56 Å². The molecule has 2 aromatic rings. The van der Waals surface area contributed by atoms with E-state index >= 15 is 0 Å². The Morgan fingerprint density at radius 2 is 2.27 bits per heavy atom. The van der Waals surface area contributed by atoms with Crippen LogP contribution in [-0.4, -0.2) is 15.9 Å². The number of hydrogen-bond donors (Lipinski definition) is 3. The number of aromatic nitrogens is 2. The van der Waals surface area contributed by atoms with E-state index in [0.29, 0.717) is 16.5 Å². The Hall–Kier alpha value is -2.21. The number of hydrogen-bond acceptors (Lipinski definition) is 4. The Morgan fingerprint density at radius 1 is 1.47 bits per heavy atom. The predicted octanol–water partition coefficient (Wildman–Crippen LogP) is -0.473. The summed E-state index contributed by atoms with van der Waals surface area (Å²) in [7, 11) is 0. The monoisotopic (exact) mass is 204 g/mol. The molecule has 0 fully saturated rings. The summed E-state index contributed by atoms with van der Waals surface area (Å²) < 4.78 is 0. The molecule has 6 heteroatoms. The van der Waals surface area contributed by atoms with Gasteiger partial charge in [-0.2, -0.15) is 0 Å². The van der Waals surface area contributed by atoms with Gasteiger partial charge in [-0.25, -0.2) is 10.8 Å². The number of nitrogen functional groups attached to an aromatic ring is 1. The van der Waals surface area contributed by atoms with Gasteiger partial charge in [0.25, 0.3) is 11.5 Å². The summed E-state index contributed by atoms with van der Waals surface area (Å²) in [6, 6.07) is 4.59. The summed E-state index contributed by atoms with van der Waals surface area (Å²) in [4.78, 5) is 29.0. The first-order valence-corrected chi connectivity index (χ1v) is 4.21. The molecule has 1 heterocycles. The number of aromatic amines is 1. The standard InChI is InChI=1S/C9H8N4O2/c10-13-8(14)5-1-2-7-6(3-5)9(15)12-4-11-7/h1-4H,10H2,(H,13,14)(H,11,12,15). The fraction of sp³-hybridized carbons (Fsp3) is 0. The van der Waals surface area contributed by atoms with E-state index < -0.39 is 5.91 Å². The van der Waals surface area contributed by atoms with Crippen molar-refractivity contribution in [3.8, 4) is 0 Å². The van der Waals surface area contributed by atoms with E-state index in [9.17, 15) is 9.59 Å². The van der Waals surface area contributed by atoms with E-state index in [1.807, 2.05) is 5.43 Å². The average Bonchev–Trinajstić information content (AvgIpc) is 2.28. The lowest BCUT2D eigenvalue weighted by Crippen LogP contribution is -2.30. The van der Waals surface area contributed by atoms with Crippen LogP contribution in [0.25, 0.3) is 10.9 Å². The van der Waals surface area contributed by atoms with Crippen molar-refractivity contribution in [2.75, 3.05) is 0 Å². The molecule has 0 aliphatic heterocycles. The van der Waals surface area contributed by atoms with Gasteiger partial charge in [-0.15, -0.1) is 0 Å². The molecular weight excluding hydrogens is 196 g/mol. The molecule has 1 aromatic heterocycles. The molecule has 0 aliphatic rings. The maximum absolute atomic E-state index is 11.4. The lowest BCUT2D eigenvalue weighted by Gasteiger charge is -2.00. The van der Waals surface area contributed by atoms with E-state index in [0.717, 1.165) is 0 Å². The lowest BCUT2D eigenvalue weighted by molar-refractivity contribution is 0.0954. The third-order valence-corrected chi connectivity index (χ3v) is 2.03. The van der Waals surface area contributed by atoms with Crippen molar-refractivity contribution in [1.29, 1.82) is 0 Å². The number of rotatable bonds is 1. The smallest absolute Gasteiger partial charge is 0.265 e. The Morgan fingerprint density at radius 3 is 3.00 bits per heavy atom. The SMILES string of the molecule is NNC(=O)c1ccc2nc[nH]c(=O)c2c1. The minimum absolute atomic E-state index is 0.285. The van der Waals surface area contributed by atoms with Crippen molar-refractivity contribution in [2.45, 2.75) is 0 Å². The number of fused-ring (bicyclic) bond motifs is 1. The van der Waals surface area contributed by atoms with E-state index in [1.54, 1.807) is 12.1 Å². The van der Waals surface area contributed by atoms with Crippen molar-refractivity contribution >= 4 is 16.8 Å². The number of nitrogens with zero attached hydrogens (tertiary/aromatic N) is 1. The van der Waals surface area contributed by atoms with E-state index in [1.165, 1.54) is 12.4 Å². The third-order valence-electron chi connectivity index (χ3n) is 2.03. The van der Waals surface area contributed by atoms with Gasteiger partial charge in [0, 0.05) is 5.56 Å². The minimum Gasteiger partial charge on any atom is -0.313 e. The Bertz CT molecular complexity index is 576. The molecule has 0 saturated carbocycles. The summed E-state index contributed by atoms with van der Waals surface area (Å²) in [5.41, 5.74) is 2.57. The van der Waals surface area contributed by atoms with E-state index in [2.05, 4.69) is 9.97 Å². The lowest BCUT2D eigenvalue weighted by atomic mass is 10.1. The first kappa shape index (κ1) is 9.35. The van der Waals surface area contributed by atoms with Gasteiger partial charge in [-0.3, -0.25) is 15.0 Å².